The quantitative estimate of drug-likeness (QED) is 0.849. The minimum atomic E-state index is -1.01. The molecule has 1 heterocycles. The van der Waals surface area contributed by atoms with Gasteiger partial charge in [0.05, 0.1) is 6.54 Å². The lowest BCUT2D eigenvalue weighted by Crippen LogP contribution is -2.47. The van der Waals surface area contributed by atoms with Gasteiger partial charge in [-0.2, -0.15) is 0 Å². The second-order valence-corrected chi connectivity index (χ2v) is 4.87. The van der Waals surface area contributed by atoms with Crippen LogP contribution < -0.4 is 0 Å². The summed E-state index contributed by atoms with van der Waals surface area (Å²) >= 11 is 0. The van der Waals surface area contributed by atoms with E-state index in [1.165, 1.54) is 9.80 Å². The topological polar surface area (TPSA) is 78.7 Å². The summed E-state index contributed by atoms with van der Waals surface area (Å²) < 4.78 is 1.83. The highest BCUT2D eigenvalue weighted by Gasteiger charge is 2.25. The Morgan fingerprint density at radius 3 is 2.60 bits per heavy atom. The van der Waals surface area contributed by atoms with Gasteiger partial charge in [0.15, 0.2) is 0 Å². The second kappa shape index (κ2) is 6.93. The van der Waals surface area contributed by atoms with Crippen molar-refractivity contribution in [2.75, 3.05) is 13.6 Å². The monoisotopic (exact) mass is 282 g/mol. The van der Waals surface area contributed by atoms with E-state index in [1.807, 2.05) is 25.5 Å². The molecule has 0 spiro atoms. The minimum Gasteiger partial charge on any atom is -0.480 e. The SMILES string of the molecule is CCC(C)N(CC(=O)O)C(=O)N(C)Cc1nccn1C. The maximum absolute atomic E-state index is 12.4. The molecule has 2 amide bonds. The van der Waals surface area contributed by atoms with Crippen molar-refractivity contribution in [1.29, 1.82) is 0 Å². The van der Waals surface area contributed by atoms with Crippen LogP contribution in [0.2, 0.25) is 0 Å². The van der Waals surface area contributed by atoms with Crippen molar-refractivity contribution < 1.29 is 14.7 Å². The van der Waals surface area contributed by atoms with Gasteiger partial charge in [-0.1, -0.05) is 6.92 Å². The minimum absolute atomic E-state index is 0.123. The van der Waals surface area contributed by atoms with E-state index in [1.54, 1.807) is 19.4 Å². The van der Waals surface area contributed by atoms with Crippen LogP contribution in [-0.4, -0.2) is 56.1 Å². The van der Waals surface area contributed by atoms with Gasteiger partial charge in [-0.25, -0.2) is 9.78 Å². The highest BCUT2D eigenvalue weighted by molar-refractivity contribution is 5.80. The molecule has 1 N–H and O–H groups in total. The number of rotatable bonds is 6. The van der Waals surface area contributed by atoms with Crippen LogP contribution in [0.5, 0.6) is 0 Å². The number of hydrogen-bond acceptors (Lipinski definition) is 3. The predicted molar refractivity (Wildman–Crippen MR) is 74.2 cm³/mol. The number of amides is 2. The molecule has 1 atom stereocenters. The molecule has 1 aromatic heterocycles. The number of carboxylic acid groups (broad SMARTS) is 1. The molecule has 1 aromatic rings. The van der Waals surface area contributed by atoms with E-state index in [9.17, 15) is 9.59 Å². The van der Waals surface area contributed by atoms with Crippen LogP contribution in [0.15, 0.2) is 12.4 Å². The first-order chi connectivity index (χ1) is 9.36. The van der Waals surface area contributed by atoms with Crippen molar-refractivity contribution in [2.45, 2.75) is 32.9 Å². The Labute approximate surface area is 118 Å². The molecule has 0 aliphatic carbocycles. The molecule has 0 bridgehead atoms. The fourth-order valence-electron chi connectivity index (χ4n) is 1.83. The molecule has 0 aromatic carbocycles. The number of hydrogen-bond donors (Lipinski definition) is 1. The molecule has 0 saturated carbocycles. The standard InChI is InChI=1S/C13H22N4O3/c1-5-10(2)17(9-12(18)19)13(20)16(4)8-11-14-6-7-15(11)3/h6-7,10H,5,8-9H2,1-4H3,(H,18,19). The van der Waals surface area contributed by atoms with Crippen LogP contribution in [0.4, 0.5) is 4.79 Å². The van der Waals surface area contributed by atoms with E-state index in [-0.39, 0.29) is 18.6 Å². The summed E-state index contributed by atoms with van der Waals surface area (Å²) in [4.78, 5) is 30.3. The Hall–Kier alpha value is -2.05. The van der Waals surface area contributed by atoms with Crippen LogP contribution in [0, 0.1) is 0 Å². The van der Waals surface area contributed by atoms with Crippen molar-refractivity contribution in [1.82, 2.24) is 19.4 Å². The van der Waals surface area contributed by atoms with E-state index >= 15 is 0 Å². The first-order valence-corrected chi connectivity index (χ1v) is 6.56. The summed E-state index contributed by atoms with van der Waals surface area (Å²) in [5.74, 6) is -0.260. The maximum atomic E-state index is 12.4. The smallest absolute Gasteiger partial charge is 0.323 e. The number of nitrogens with zero attached hydrogens (tertiary/aromatic N) is 4. The van der Waals surface area contributed by atoms with Gasteiger partial charge in [-0.15, -0.1) is 0 Å². The lowest BCUT2D eigenvalue weighted by Gasteiger charge is -2.31. The van der Waals surface area contributed by atoms with Gasteiger partial charge in [0.1, 0.15) is 12.4 Å². The number of urea groups is 1. The fraction of sp³-hybridized carbons (Fsp3) is 0.615. The molecule has 7 heteroatoms. The third-order valence-corrected chi connectivity index (χ3v) is 3.30. The van der Waals surface area contributed by atoms with Crippen LogP contribution in [0.25, 0.3) is 0 Å². The third kappa shape index (κ3) is 3.97. The molecule has 0 aliphatic rings. The molecule has 0 radical (unpaired) electrons. The van der Waals surface area contributed by atoms with Gasteiger partial charge in [0, 0.05) is 32.5 Å². The maximum Gasteiger partial charge on any atom is 0.323 e. The molecule has 112 valence electrons. The van der Waals surface area contributed by atoms with Gasteiger partial charge in [0.25, 0.3) is 0 Å². The zero-order chi connectivity index (χ0) is 15.3. The number of aliphatic carboxylic acids is 1. The first-order valence-electron chi connectivity index (χ1n) is 6.56. The van der Waals surface area contributed by atoms with Gasteiger partial charge in [0.2, 0.25) is 0 Å². The summed E-state index contributed by atoms with van der Waals surface area (Å²) in [7, 11) is 3.50. The van der Waals surface area contributed by atoms with E-state index in [2.05, 4.69) is 4.98 Å². The van der Waals surface area contributed by atoms with Crippen LogP contribution in [0.1, 0.15) is 26.1 Å². The van der Waals surface area contributed by atoms with Gasteiger partial charge in [-0.3, -0.25) is 4.79 Å². The summed E-state index contributed by atoms with van der Waals surface area (Å²) in [5.41, 5.74) is 0. The van der Waals surface area contributed by atoms with Gasteiger partial charge < -0.3 is 19.5 Å². The number of carboxylic acids is 1. The Morgan fingerprint density at radius 2 is 2.15 bits per heavy atom. The molecule has 0 aliphatic heterocycles. The van der Waals surface area contributed by atoms with Crippen molar-refractivity contribution in [3.05, 3.63) is 18.2 Å². The van der Waals surface area contributed by atoms with Crippen molar-refractivity contribution >= 4 is 12.0 Å². The molecule has 20 heavy (non-hydrogen) atoms. The van der Waals surface area contributed by atoms with Crippen molar-refractivity contribution in [3.63, 3.8) is 0 Å². The number of imidazole rings is 1. The third-order valence-electron chi connectivity index (χ3n) is 3.30. The van der Waals surface area contributed by atoms with Gasteiger partial charge in [-0.05, 0) is 13.3 Å². The van der Waals surface area contributed by atoms with Crippen molar-refractivity contribution in [3.8, 4) is 0 Å². The zero-order valence-corrected chi connectivity index (χ0v) is 12.4. The Bertz CT molecular complexity index is 472. The average Bonchev–Trinajstić information content (AvgIpc) is 2.79. The molecular weight excluding hydrogens is 260 g/mol. The average molecular weight is 282 g/mol. The summed E-state index contributed by atoms with van der Waals surface area (Å²) in [6.45, 7) is 3.81. The van der Waals surface area contributed by atoms with Crippen LogP contribution in [-0.2, 0) is 18.4 Å². The molecule has 1 unspecified atom stereocenters. The predicted octanol–water partition coefficient (Wildman–Crippen LogP) is 1.16. The highest BCUT2D eigenvalue weighted by Crippen LogP contribution is 2.09. The molecule has 7 nitrogen and oxygen atoms in total. The lowest BCUT2D eigenvalue weighted by molar-refractivity contribution is -0.138. The van der Waals surface area contributed by atoms with E-state index < -0.39 is 5.97 Å². The van der Waals surface area contributed by atoms with Crippen LogP contribution in [0.3, 0.4) is 0 Å². The summed E-state index contributed by atoms with van der Waals surface area (Å²) in [6, 6.07) is -0.424. The zero-order valence-electron chi connectivity index (χ0n) is 12.4. The normalized spacial score (nSPS) is 12.0. The Balaban J connectivity index is 2.77. The number of aromatic nitrogens is 2. The summed E-state index contributed by atoms with van der Waals surface area (Å²) in [5, 5.41) is 8.93. The van der Waals surface area contributed by atoms with E-state index in [0.29, 0.717) is 13.0 Å². The molecule has 0 saturated heterocycles. The second-order valence-electron chi connectivity index (χ2n) is 4.87. The number of carbonyl (C=O) groups excluding carboxylic acids is 1. The first kappa shape index (κ1) is 16.0. The van der Waals surface area contributed by atoms with Crippen LogP contribution >= 0.6 is 0 Å². The molecule has 0 fully saturated rings. The largest absolute Gasteiger partial charge is 0.480 e. The highest BCUT2D eigenvalue weighted by atomic mass is 16.4. The molecular formula is C13H22N4O3. The fourth-order valence-corrected chi connectivity index (χ4v) is 1.83. The summed E-state index contributed by atoms with van der Waals surface area (Å²) in [6.07, 6.45) is 4.17. The lowest BCUT2D eigenvalue weighted by atomic mass is 10.2. The van der Waals surface area contributed by atoms with E-state index in [4.69, 9.17) is 5.11 Å². The van der Waals surface area contributed by atoms with Crippen molar-refractivity contribution in [2.24, 2.45) is 7.05 Å². The Kier molecular flexibility index (Phi) is 5.54. The number of aryl methyl sites for hydroxylation is 1. The number of carbonyl (C=O) groups is 2. The van der Waals surface area contributed by atoms with Gasteiger partial charge >= 0.3 is 12.0 Å². The molecule has 1 rings (SSSR count). The Morgan fingerprint density at radius 1 is 1.50 bits per heavy atom. The van der Waals surface area contributed by atoms with E-state index in [0.717, 1.165) is 5.82 Å².